The van der Waals surface area contributed by atoms with Gasteiger partial charge in [-0.05, 0) is 5.56 Å². The fraction of sp³-hybridized carbons (Fsp3) is 0.538. The number of aliphatic hydroxyl groups excluding tert-OH is 2. The van der Waals surface area contributed by atoms with Crippen LogP contribution in [0.15, 0.2) is 40.9 Å². The molecule has 0 aromatic heterocycles. The van der Waals surface area contributed by atoms with Crippen LogP contribution in [0.3, 0.4) is 0 Å². The van der Waals surface area contributed by atoms with E-state index in [-0.39, 0.29) is 36.2 Å². The molecule has 12 heteroatoms. The largest absolute Gasteiger partial charge is 0.569 e. The minimum absolute atomic E-state index is 0.0270. The fourth-order valence-corrected chi connectivity index (χ4v) is 1.71. The molecule has 12 nitrogen and oxygen atoms in total. The lowest BCUT2D eigenvalue weighted by atomic mass is 10.2. The van der Waals surface area contributed by atoms with Crippen molar-refractivity contribution in [3.63, 3.8) is 0 Å². The average molecular weight is 358 g/mol. The van der Waals surface area contributed by atoms with Gasteiger partial charge in [0.25, 0.3) is 6.79 Å². The molecule has 0 aliphatic carbocycles. The number of benzene rings is 1. The average Bonchev–Trinajstić information content (AvgIpc) is 2.61. The predicted octanol–water partition coefficient (Wildman–Crippen LogP) is -0.0193. The Morgan fingerprint density at radius 2 is 1.56 bits per heavy atom. The first-order chi connectivity index (χ1) is 12.1. The Kier molecular flexibility index (Phi) is 9.40. The Morgan fingerprint density at radius 3 is 2.12 bits per heavy atom. The van der Waals surface area contributed by atoms with E-state index in [9.17, 15) is 10.4 Å². The lowest BCUT2D eigenvalue weighted by Crippen LogP contribution is -2.35. The molecule has 0 bridgehead atoms. The van der Waals surface area contributed by atoms with E-state index >= 15 is 0 Å². The molecule has 0 aliphatic heterocycles. The molecule has 0 aliphatic rings. The zero-order valence-electron chi connectivity index (χ0n) is 13.8. The van der Waals surface area contributed by atoms with Gasteiger partial charge in [0, 0.05) is 0 Å². The summed E-state index contributed by atoms with van der Waals surface area (Å²) < 4.78 is 0. The number of hydrogen-bond donors (Lipinski definition) is 2. The molecule has 0 saturated heterocycles. The van der Waals surface area contributed by atoms with Crippen molar-refractivity contribution >= 4 is 0 Å². The van der Waals surface area contributed by atoms with Crippen molar-refractivity contribution in [3.05, 3.63) is 46.3 Å². The minimum Gasteiger partial charge on any atom is -0.569 e. The van der Waals surface area contributed by atoms with Gasteiger partial charge >= 0.3 is 0 Å². The molecular formula is C13H22N6O6. The number of hydrazine groups is 2. The SMILES string of the molecule is CN(Cc1ccccc1)[N+]([O-])=NOCON=[N+]([O-])N(CCO)CCO. The molecule has 0 amide bonds. The zero-order valence-corrected chi connectivity index (χ0v) is 13.8. The van der Waals surface area contributed by atoms with Crippen LogP contribution >= 0.6 is 0 Å². The monoisotopic (exact) mass is 358 g/mol. The second kappa shape index (κ2) is 11.6. The standard InChI is InChI=1S/C13H22N6O6/c1-16(11-13-5-3-2-4-6-13)18(22)14-24-12-25-15-19(23)17(7-9-20)8-10-21/h2-6,20-21H,7-12H2,1H3. The van der Waals surface area contributed by atoms with Gasteiger partial charge in [0.05, 0.1) is 30.2 Å². The second-order valence-corrected chi connectivity index (χ2v) is 4.75. The molecule has 1 rings (SSSR count). The summed E-state index contributed by atoms with van der Waals surface area (Å²) in [5.41, 5.74) is 0.919. The van der Waals surface area contributed by atoms with E-state index in [1.165, 1.54) is 12.1 Å². The Morgan fingerprint density at radius 1 is 1.00 bits per heavy atom. The van der Waals surface area contributed by atoms with Crippen molar-refractivity contribution in [1.82, 2.24) is 10.0 Å². The summed E-state index contributed by atoms with van der Waals surface area (Å²) in [5, 5.41) is 49.4. The zero-order chi connectivity index (χ0) is 18.5. The summed E-state index contributed by atoms with van der Waals surface area (Å²) in [4.78, 5) is 9.45. The molecule has 0 spiro atoms. The minimum atomic E-state index is -0.567. The van der Waals surface area contributed by atoms with Crippen LogP contribution in [-0.4, -0.2) is 70.3 Å². The summed E-state index contributed by atoms with van der Waals surface area (Å²) >= 11 is 0. The van der Waals surface area contributed by atoms with Gasteiger partial charge in [-0.1, -0.05) is 30.3 Å². The van der Waals surface area contributed by atoms with Crippen LogP contribution in [0.25, 0.3) is 0 Å². The van der Waals surface area contributed by atoms with Gasteiger partial charge in [-0.15, -0.1) is 10.0 Å². The van der Waals surface area contributed by atoms with Gasteiger partial charge in [-0.2, -0.15) is 0 Å². The van der Waals surface area contributed by atoms with Crippen molar-refractivity contribution in [3.8, 4) is 0 Å². The number of nitrogens with zero attached hydrogens (tertiary/aromatic N) is 6. The molecule has 0 atom stereocenters. The highest BCUT2D eigenvalue weighted by atomic mass is 16.8. The second-order valence-electron chi connectivity index (χ2n) is 4.75. The summed E-state index contributed by atoms with van der Waals surface area (Å²) in [7, 11) is 1.53. The number of aliphatic hydroxyl groups is 2. The quantitative estimate of drug-likeness (QED) is 0.174. The van der Waals surface area contributed by atoms with Gasteiger partial charge in [-0.3, -0.25) is 9.68 Å². The van der Waals surface area contributed by atoms with Crippen LogP contribution in [0.1, 0.15) is 5.56 Å². The highest BCUT2D eigenvalue weighted by Gasteiger charge is 2.12. The van der Waals surface area contributed by atoms with Crippen molar-refractivity contribution in [1.29, 1.82) is 0 Å². The van der Waals surface area contributed by atoms with E-state index in [0.717, 1.165) is 10.6 Å². The molecule has 2 N–H and O–H groups in total. The highest BCUT2D eigenvalue weighted by molar-refractivity contribution is 5.13. The van der Waals surface area contributed by atoms with Crippen LogP contribution in [0.5, 0.6) is 0 Å². The topological polar surface area (TPSA) is 142 Å². The van der Waals surface area contributed by atoms with Crippen molar-refractivity contribution < 1.29 is 29.8 Å². The first-order valence-electron chi connectivity index (χ1n) is 7.40. The fourth-order valence-electron chi connectivity index (χ4n) is 1.71. The third-order valence-electron chi connectivity index (χ3n) is 2.87. The normalized spacial score (nSPS) is 12.0. The molecule has 0 radical (unpaired) electrons. The van der Waals surface area contributed by atoms with E-state index in [4.69, 9.17) is 10.2 Å². The molecule has 25 heavy (non-hydrogen) atoms. The van der Waals surface area contributed by atoms with Crippen LogP contribution in [0, 0.1) is 10.4 Å². The Bertz CT molecular complexity index is 537. The van der Waals surface area contributed by atoms with Crippen LogP contribution < -0.4 is 0 Å². The third kappa shape index (κ3) is 7.99. The Balaban J connectivity index is 2.36. The van der Waals surface area contributed by atoms with E-state index in [0.29, 0.717) is 6.54 Å². The lowest BCUT2D eigenvalue weighted by molar-refractivity contribution is -0.718. The van der Waals surface area contributed by atoms with Gasteiger partial charge in [0.15, 0.2) is 0 Å². The van der Waals surface area contributed by atoms with E-state index in [1.54, 1.807) is 0 Å². The maximum Gasteiger partial charge on any atom is 0.292 e. The van der Waals surface area contributed by atoms with Gasteiger partial charge in [-0.25, -0.2) is 0 Å². The predicted molar refractivity (Wildman–Crippen MR) is 82.8 cm³/mol. The highest BCUT2D eigenvalue weighted by Crippen LogP contribution is 2.02. The smallest absolute Gasteiger partial charge is 0.292 e. The maximum absolute atomic E-state index is 11.7. The summed E-state index contributed by atoms with van der Waals surface area (Å²) in [6, 6.07) is 9.30. The summed E-state index contributed by atoms with van der Waals surface area (Å²) in [6.45, 7) is -0.879. The lowest BCUT2D eigenvalue weighted by Gasteiger charge is -2.15. The van der Waals surface area contributed by atoms with Crippen molar-refractivity contribution in [2.24, 2.45) is 10.6 Å². The van der Waals surface area contributed by atoms with Gasteiger partial charge < -0.3 is 20.6 Å². The molecule has 1 aromatic rings. The summed E-state index contributed by atoms with van der Waals surface area (Å²) in [5.74, 6) is 0. The van der Waals surface area contributed by atoms with Crippen molar-refractivity contribution in [2.45, 2.75) is 6.54 Å². The molecule has 0 fully saturated rings. The first-order valence-corrected chi connectivity index (χ1v) is 7.40. The summed E-state index contributed by atoms with van der Waals surface area (Å²) in [6.07, 6.45) is 0. The first kappa shape index (κ1) is 20.2. The Labute approximate surface area is 144 Å². The Hall–Kier alpha value is -2.86. The molecule has 0 unspecified atom stereocenters. The van der Waals surface area contributed by atoms with Gasteiger partial charge in [0.1, 0.15) is 19.6 Å². The van der Waals surface area contributed by atoms with E-state index in [1.807, 2.05) is 30.3 Å². The maximum atomic E-state index is 11.7. The molecule has 1 aromatic carbocycles. The van der Waals surface area contributed by atoms with Crippen LogP contribution in [0.2, 0.25) is 0 Å². The van der Waals surface area contributed by atoms with Crippen LogP contribution in [-0.2, 0) is 16.2 Å². The third-order valence-corrected chi connectivity index (χ3v) is 2.87. The van der Waals surface area contributed by atoms with Crippen LogP contribution in [0.4, 0.5) is 0 Å². The molecule has 0 heterocycles. The van der Waals surface area contributed by atoms with Gasteiger partial charge in [0.2, 0.25) is 10.6 Å². The van der Waals surface area contributed by atoms with Crippen molar-refractivity contribution in [2.75, 3.05) is 40.1 Å². The molecule has 140 valence electrons. The molecular weight excluding hydrogens is 336 g/mol. The number of rotatable bonds is 12. The molecule has 0 saturated carbocycles. The number of hydrogen-bond acceptors (Lipinski definition) is 8. The van der Waals surface area contributed by atoms with E-state index in [2.05, 4.69) is 20.2 Å². The van der Waals surface area contributed by atoms with E-state index < -0.39 is 6.79 Å².